The van der Waals surface area contributed by atoms with Crippen LogP contribution < -0.4 is 4.74 Å². The first-order valence-corrected chi connectivity index (χ1v) is 10.6. The molecule has 0 unspecified atom stereocenters. The van der Waals surface area contributed by atoms with Crippen molar-refractivity contribution in [3.63, 3.8) is 0 Å². The number of sulfonamides is 1. The summed E-state index contributed by atoms with van der Waals surface area (Å²) in [5, 5.41) is 0. The number of hydrogen-bond donors (Lipinski definition) is 0. The summed E-state index contributed by atoms with van der Waals surface area (Å²) in [6, 6.07) is 11.4. The van der Waals surface area contributed by atoms with Crippen molar-refractivity contribution in [1.29, 1.82) is 0 Å². The maximum Gasteiger partial charge on any atom is 0.343 e. The third-order valence-electron chi connectivity index (χ3n) is 4.51. The molecule has 146 valence electrons. The van der Waals surface area contributed by atoms with Gasteiger partial charge in [0.1, 0.15) is 5.75 Å². The largest absolute Gasteiger partial charge is 0.423 e. The molecular formula is C21H27NO4S. The van der Waals surface area contributed by atoms with Gasteiger partial charge in [-0.2, -0.15) is 4.31 Å². The van der Waals surface area contributed by atoms with E-state index in [9.17, 15) is 13.2 Å². The molecule has 0 aliphatic carbocycles. The van der Waals surface area contributed by atoms with Gasteiger partial charge in [0.15, 0.2) is 0 Å². The van der Waals surface area contributed by atoms with E-state index in [0.29, 0.717) is 30.3 Å². The molecule has 0 aromatic heterocycles. The normalized spacial score (nSPS) is 11.8. The van der Waals surface area contributed by atoms with E-state index >= 15 is 0 Å². The maximum absolute atomic E-state index is 12.5. The molecule has 0 saturated carbocycles. The van der Waals surface area contributed by atoms with Crippen LogP contribution in [0.4, 0.5) is 0 Å². The summed E-state index contributed by atoms with van der Waals surface area (Å²) in [5.74, 6) is 0.357. The van der Waals surface area contributed by atoms with Gasteiger partial charge in [0.25, 0.3) is 0 Å². The molecule has 0 saturated heterocycles. The quantitative estimate of drug-likeness (QED) is 0.521. The first-order chi connectivity index (χ1) is 12.7. The van der Waals surface area contributed by atoms with Gasteiger partial charge >= 0.3 is 5.97 Å². The number of esters is 1. The van der Waals surface area contributed by atoms with Gasteiger partial charge in [0, 0.05) is 13.1 Å². The zero-order chi connectivity index (χ0) is 20.2. The summed E-state index contributed by atoms with van der Waals surface area (Å²) in [4.78, 5) is 12.5. The highest BCUT2D eigenvalue weighted by atomic mass is 32.2. The molecule has 27 heavy (non-hydrogen) atoms. The maximum atomic E-state index is 12.5. The molecule has 0 amide bonds. The van der Waals surface area contributed by atoms with E-state index < -0.39 is 16.0 Å². The predicted molar refractivity (Wildman–Crippen MR) is 107 cm³/mol. The summed E-state index contributed by atoms with van der Waals surface area (Å²) in [6.45, 7) is 10.6. The van der Waals surface area contributed by atoms with Crippen LogP contribution in [0.25, 0.3) is 0 Å². The van der Waals surface area contributed by atoms with Crippen LogP contribution in [0.2, 0.25) is 0 Å². The van der Waals surface area contributed by atoms with Gasteiger partial charge < -0.3 is 4.74 Å². The van der Waals surface area contributed by atoms with Gasteiger partial charge in [-0.1, -0.05) is 33.8 Å². The topological polar surface area (TPSA) is 63.7 Å². The Morgan fingerprint density at radius 2 is 1.63 bits per heavy atom. The third kappa shape index (κ3) is 4.76. The van der Waals surface area contributed by atoms with Crippen molar-refractivity contribution in [1.82, 2.24) is 4.31 Å². The molecular weight excluding hydrogens is 362 g/mol. The number of carbonyl (C=O) groups excluding carboxylic acids is 1. The fourth-order valence-corrected chi connectivity index (χ4v) is 4.46. The highest BCUT2D eigenvalue weighted by molar-refractivity contribution is 7.89. The van der Waals surface area contributed by atoms with Gasteiger partial charge in [-0.15, -0.1) is 0 Å². The number of hydrogen-bond acceptors (Lipinski definition) is 4. The van der Waals surface area contributed by atoms with Crippen LogP contribution in [0.5, 0.6) is 5.75 Å². The van der Waals surface area contributed by atoms with E-state index in [1.54, 1.807) is 19.9 Å². The number of rotatable bonds is 7. The molecule has 2 rings (SSSR count). The van der Waals surface area contributed by atoms with Crippen molar-refractivity contribution in [2.24, 2.45) is 0 Å². The number of benzene rings is 2. The van der Waals surface area contributed by atoms with Gasteiger partial charge in [-0.25, -0.2) is 13.2 Å². The van der Waals surface area contributed by atoms with E-state index in [2.05, 4.69) is 13.8 Å². The standard InChI is InChI=1S/C21H27NO4S/c1-6-22(7-2)27(24,25)19-11-8-17(9-12-19)21(23)26-18-10-13-20(15(3)4)16(5)14-18/h8-15H,6-7H2,1-5H3. The van der Waals surface area contributed by atoms with Crippen molar-refractivity contribution >= 4 is 16.0 Å². The van der Waals surface area contributed by atoms with Crippen molar-refractivity contribution in [3.05, 3.63) is 59.2 Å². The zero-order valence-corrected chi connectivity index (χ0v) is 17.3. The highest BCUT2D eigenvalue weighted by Gasteiger charge is 2.22. The minimum absolute atomic E-state index is 0.167. The molecule has 0 aliphatic rings. The number of ether oxygens (including phenoxy) is 1. The van der Waals surface area contributed by atoms with Crippen LogP contribution in [-0.2, 0) is 10.0 Å². The highest BCUT2D eigenvalue weighted by Crippen LogP contribution is 2.24. The monoisotopic (exact) mass is 389 g/mol. The summed E-state index contributed by atoms with van der Waals surface area (Å²) >= 11 is 0. The SMILES string of the molecule is CCN(CC)S(=O)(=O)c1ccc(C(=O)Oc2ccc(C(C)C)c(C)c2)cc1. The molecule has 0 N–H and O–H groups in total. The molecule has 6 heteroatoms. The second-order valence-corrected chi connectivity index (χ2v) is 8.61. The Bertz CT molecular complexity index is 898. The van der Waals surface area contributed by atoms with Crippen LogP contribution in [0.3, 0.4) is 0 Å². The average molecular weight is 390 g/mol. The first kappa shape index (κ1) is 21.1. The molecule has 0 radical (unpaired) electrons. The number of aryl methyl sites for hydroxylation is 1. The lowest BCUT2D eigenvalue weighted by atomic mass is 9.98. The van der Waals surface area contributed by atoms with E-state index in [1.165, 1.54) is 34.1 Å². The fourth-order valence-electron chi connectivity index (χ4n) is 3.00. The molecule has 0 heterocycles. The number of carbonyl (C=O) groups is 1. The molecule has 0 aliphatic heterocycles. The summed E-state index contributed by atoms with van der Waals surface area (Å²) in [6.07, 6.45) is 0. The van der Waals surface area contributed by atoms with Crippen molar-refractivity contribution < 1.29 is 17.9 Å². The Hall–Kier alpha value is -2.18. The van der Waals surface area contributed by atoms with Crippen LogP contribution in [0, 0.1) is 6.92 Å². The van der Waals surface area contributed by atoms with Gasteiger partial charge in [-0.3, -0.25) is 0 Å². The summed E-state index contributed by atoms with van der Waals surface area (Å²) in [7, 11) is -3.54. The lowest BCUT2D eigenvalue weighted by Gasteiger charge is -2.18. The zero-order valence-electron chi connectivity index (χ0n) is 16.5. The van der Waals surface area contributed by atoms with E-state index in [0.717, 1.165) is 5.56 Å². The molecule has 0 bridgehead atoms. The van der Waals surface area contributed by atoms with E-state index in [-0.39, 0.29) is 4.90 Å². The third-order valence-corrected chi connectivity index (χ3v) is 6.57. The lowest BCUT2D eigenvalue weighted by molar-refractivity contribution is 0.0734. The second kappa shape index (κ2) is 8.67. The van der Waals surface area contributed by atoms with Crippen molar-refractivity contribution in [3.8, 4) is 5.75 Å². The molecule has 2 aromatic carbocycles. The van der Waals surface area contributed by atoms with Gasteiger partial charge in [0.05, 0.1) is 10.5 Å². The smallest absolute Gasteiger partial charge is 0.343 e. The Morgan fingerprint density at radius 3 is 2.11 bits per heavy atom. The minimum Gasteiger partial charge on any atom is -0.423 e. The Morgan fingerprint density at radius 1 is 1.04 bits per heavy atom. The average Bonchev–Trinajstić information content (AvgIpc) is 2.62. The van der Waals surface area contributed by atoms with Crippen molar-refractivity contribution in [2.45, 2.75) is 45.4 Å². The van der Waals surface area contributed by atoms with Crippen LogP contribution in [0.15, 0.2) is 47.4 Å². The second-order valence-electron chi connectivity index (χ2n) is 6.68. The first-order valence-electron chi connectivity index (χ1n) is 9.13. The fraction of sp³-hybridized carbons (Fsp3) is 0.381. The van der Waals surface area contributed by atoms with Gasteiger partial charge in [-0.05, 0) is 60.4 Å². The predicted octanol–water partition coefficient (Wildman–Crippen LogP) is 4.37. The van der Waals surface area contributed by atoms with E-state index in [4.69, 9.17) is 4.74 Å². The minimum atomic E-state index is -3.54. The Kier molecular flexibility index (Phi) is 6.78. The summed E-state index contributed by atoms with van der Waals surface area (Å²) < 4.78 is 31.8. The molecule has 2 aromatic rings. The summed E-state index contributed by atoms with van der Waals surface area (Å²) in [5.41, 5.74) is 2.58. The van der Waals surface area contributed by atoms with E-state index in [1.807, 2.05) is 19.1 Å². The molecule has 0 spiro atoms. The van der Waals surface area contributed by atoms with Crippen molar-refractivity contribution in [2.75, 3.05) is 13.1 Å². The molecule has 0 fully saturated rings. The van der Waals surface area contributed by atoms with Crippen LogP contribution in [0.1, 0.15) is 55.1 Å². The molecule has 0 atom stereocenters. The Balaban J connectivity index is 2.18. The molecule has 5 nitrogen and oxygen atoms in total. The Labute approximate surface area is 162 Å². The van der Waals surface area contributed by atoms with Gasteiger partial charge in [0.2, 0.25) is 10.0 Å². The van der Waals surface area contributed by atoms with Crippen LogP contribution in [-0.4, -0.2) is 31.8 Å². The number of nitrogens with zero attached hydrogens (tertiary/aromatic N) is 1. The van der Waals surface area contributed by atoms with Crippen LogP contribution >= 0.6 is 0 Å². The lowest BCUT2D eigenvalue weighted by Crippen LogP contribution is -2.30.